The molecule has 2 aromatic heterocycles. The van der Waals surface area contributed by atoms with Gasteiger partial charge in [-0.15, -0.1) is 0 Å². The van der Waals surface area contributed by atoms with Gasteiger partial charge in [0.15, 0.2) is 0 Å². The minimum atomic E-state index is -1.09. The number of benzene rings is 1. The number of para-hydroxylation sites is 1. The van der Waals surface area contributed by atoms with Crippen molar-refractivity contribution in [2.45, 2.75) is 13.3 Å². The highest BCUT2D eigenvalue weighted by Crippen LogP contribution is 2.25. The molecule has 0 unspecified atom stereocenters. The quantitative estimate of drug-likeness (QED) is 0.753. The van der Waals surface area contributed by atoms with Gasteiger partial charge in [-0.05, 0) is 31.5 Å². The van der Waals surface area contributed by atoms with Crippen LogP contribution >= 0.6 is 0 Å². The molecule has 24 heavy (non-hydrogen) atoms. The Morgan fingerprint density at radius 3 is 2.83 bits per heavy atom. The molecule has 0 spiro atoms. The molecule has 0 fully saturated rings. The molecule has 0 saturated carbocycles. The second-order valence-corrected chi connectivity index (χ2v) is 5.37. The van der Waals surface area contributed by atoms with E-state index in [1.165, 1.54) is 18.3 Å². The van der Waals surface area contributed by atoms with Gasteiger partial charge in [-0.2, -0.15) is 0 Å². The van der Waals surface area contributed by atoms with Crippen LogP contribution in [-0.4, -0.2) is 28.5 Å². The molecule has 2 N–H and O–H groups in total. The standard InChI is InChI=1S/C18H16N2O4/c1-11-13(14-4-2-3-5-16(14)24-11)7-9-20-17(21)15-10-12(18(22)23)6-8-19-15/h2-6,8,10H,7,9H2,1H3,(H,20,21)(H,22,23). The van der Waals surface area contributed by atoms with Crippen LogP contribution in [0, 0.1) is 6.92 Å². The Labute approximate surface area is 138 Å². The molecule has 3 aromatic rings. The largest absolute Gasteiger partial charge is 0.478 e. The van der Waals surface area contributed by atoms with Crippen molar-refractivity contribution in [3.63, 3.8) is 0 Å². The number of aromatic carboxylic acids is 1. The molecule has 0 aliphatic heterocycles. The van der Waals surface area contributed by atoms with E-state index in [2.05, 4.69) is 10.3 Å². The van der Waals surface area contributed by atoms with Crippen LogP contribution in [0.25, 0.3) is 11.0 Å². The summed E-state index contributed by atoms with van der Waals surface area (Å²) in [6.45, 7) is 2.30. The molecule has 1 aromatic carbocycles. The number of furan rings is 1. The smallest absolute Gasteiger partial charge is 0.335 e. The highest BCUT2D eigenvalue weighted by Gasteiger charge is 2.13. The van der Waals surface area contributed by atoms with Gasteiger partial charge in [0.2, 0.25) is 0 Å². The van der Waals surface area contributed by atoms with Gasteiger partial charge < -0.3 is 14.8 Å². The van der Waals surface area contributed by atoms with Gasteiger partial charge in [0.05, 0.1) is 5.56 Å². The van der Waals surface area contributed by atoms with Crippen molar-refractivity contribution in [1.29, 1.82) is 0 Å². The van der Waals surface area contributed by atoms with Crippen LogP contribution in [0.4, 0.5) is 0 Å². The number of carboxylic acid groups (broad SMARTS) is 1. The number of hydrogen-bond acceptors (Lipinski definition) is 4. The first-order chi connectivity index (χ1) is 11.6. The highest BCUT2D eigenvalue weighted by atomic mass is 16.4. The summed E-state index contributed by atoms with van der Waals surface area (Å²) in [4.78, 5) is 27.0. The normalized spacial score (nSPS) is 10.7. The molecule has 2 heterocycles. The summed E-state index contributed by atoms with van der Waals surface area (Å²) >= 11 is 0. The van der Waals surface area contributed by atoms with Gasteiger partial charge in [0.25, 0.3) is 5.91 Å². The molecule has 0 radical (unpaired) electrons. The predicted octanol–water partition coefficient (Wildman–Crippen LogP) is 2.81. The number of amides is 1. The lowest BCUT2D eigenvalue weighted by Gasteiger charge is -2.05. The topological polar surface area (TPSA) is 92.4 Å². The molecule has 6 nitrogen and oxygen atoms in total. The Morgan fingerprint density at radius 2 is 2.04 bits per heavy atom. The van der Waals surface area contributed by atoms with Gasteiger partial charge >= 0.3 is 5.97 Å². The van der Waals surface area contributed by atoms with Gasteiger partial charge in [0, 0.05) is 23.7 Å². The molecule has 0 bridgehead atoms. The van der Waals surface area contributed by atoms with Gasteiger partial charge in [-0.3, -0.25) is 9.78 Å². The third-order valence-corrected chi connectivity index (χ3v) is 3.80. The van der Waals surface area contributed by atoms with Crippen LogP contribution in [0.2, 0.25) is 0 Å². The third kappa shape index (κ3) is 3.12. The Kier molecular flexibility index (Phi) is 4.29. The van der Waals surface area contributed by atoms with Crippen molar-refractivity contribution in [3.05, 3.63) is 65.2 Å². The van der Waals surface area contributed by atoms with E-state index in [9.17, 15) is 9.59 Å². The second-order valence-electron chi connectivity index (χ2n) is 5.37. The van der Waals surface area contributed by atoms with E-state index < -0.39 is 11.9 Å². The molecule has 122 valence electrons. The Hall–Kier alpha value is -3.15. The zero-order valence-electron chi connectivity index (χ0n) is 13.1. The van der Waals surface area contributed by atoms with E-state index in [1.54, 1.807) is 0 Å². The third-order valence-electron chi connectivity index (χ3n) is 3.80. The van der Waals surface area contributed by atoms with Crippen LogP contribution in [-0.2, 0) is 6.42 Å². The maximum atomic E-state index is 12.1. The first-order valence-electron chi connectivity index (χ1n) is 7.51. The lowest BCUT2D eigenvalue weighted by molar-refractivity contribution is 0.0696. The van der Waals surface area contributed by atoms with E-state index >= 15 is 0 Å². The van der Waals surface area contributed by atoms with Crippen LogP contribution in [0.1, 0.15) is 32.2 Å². The fourth-order valence-electron chi connectivity index (χ4n) is 2.61. The number of hydrogen-bond donors (Lipinski definition) is 2. The lowest BCUT2D eigenvalue weighted by Crippen LogP contribution is -2.26. The summed E-state index contributed by atoms with van der Waals surface area (Å²) < 4.78 is 5.69. The van der Waals surface area contributed by atoms with Crippen molar-refractivity contribution in [1.82, 2.24) is 10.3 Å². The van der Waals surface area contributed by atoms with Crippen LogP contribution < -0.4 is 5.32 Å². The first kappa shape index (κ1) is 15.7. The highest BCUT2D eigenvalue weighted by molar-refractivity contribution is 5.95. The summed E-state index contributed by atoms with van der Waals surface area (Å²) in [5.41, 5.74) is 2.00. The number of rotatable bonds is 5. The Bertz CT molecular complexity index is 914. The summed E-state index contributed by atoms with van der Waals surface area (Å²) in [6, 6.07) is 10.4. The summed E-state index contributed by atoms with van der Waals surface area (Å²) in [5.74, 6) is -0.660. The van der Waals surface area contributed by atoms with Gasteiger partial charge in [-0.1, -0.05) is 18.2 Å². The number of carbonyl (C=O) groups excluding carboxylic acids is 1. The van der Waals surface area contributed by atoms with Crippen molar-refractivity contribution < 1.29 is 19.1 Å². The average molecular weight is 324 g/mol. The molecule has 1 amide bonds. The van der Waals surface area contributed by atoms with E-state index in [4.69, 9.17) is 9.52 Å². The fraction of sp³-hybridized carbons (Fsp3) is 0.167. The number of aromatic nitrogens is 1. The molecular weight excluding hydrogens is 308 g/mol. The summed E-state index contributed by atoms with van der Waals surface area (Å²) in [6.07, 6.45) is 1.93. The number of aryl methyl sites for hydroxylation is 1. The fourth-order valence-corrected chi connectivity index (χ4v) is 2.61. The molecule has 6 heteroatoms. The van der Waals surface area contributed by atoms with Crippen molar-refractivity contribution in [2.24, 2.45) is 0 Å². The molecule has 0 aliphatic carbocycles. The van der Waals surface area contributed by atoms with Crippen LogP contribution in [0.5, 0.6) is 0 Å². The molecule has 0 saturated heterocycles. The van der Waals surface area contributed by atoms with Crippen molar-refractivity contribution in [3.8, 4) is 0 Å². The molecular formula is C18H16N2O4. The number of nitrogens with zero attached hydrogens (tertiary/aromatic N) is 1. The first-order valence-corrected chi connectivity index (χ1v) is 7.51. The summed E-state index contributed by atoms with van der Waals surface area (Å²) in [7, 11) is 0. The maximum Gasteiger partial charge on any atom is 0.335 e. The minimum Gasteiger partial charge on any atom is -0.478 e. The van der Waals surface area contributed by atoms with E-state index in [1.807, 2.05) is 31.2 Å². The number of carboxylic acids is 1. The van der Waals surface area contributed by atoms with Crippen LogP contribution in [0.15, 0.2) is 47.0 Å². The minimum absolute atomic E-state index is 0.0341. The maximum absolute atomic E-state index is 12.1. The lowest BCUT2D eigenvalue weighted by atomic mass is 10.1. The average Bonchev–Trinajstić information content (AvgIpc) is 2.90. The number of carbonyl (C=O) groups is 2. The van der Waals surface area contributed by atoms with E-state index in [0.717, 1.165) is 22.3 Å². The Balaban J connectivity index is 1.67. The second kappa shape index (κ2) is 6.54. The number of fused-ring (bicyclic) bond motifs is 1. The number of nitrogens with one attached hydrogen (secondary N) is 1. The molecule has 0 aliphatic rings. The van der Waals surface area contributed by atoms with E-state index in [0.29, 0.717) is 13.0 Å². The summed E-state index contributed by atoms with van der Waals surface area (Å²) in [5, 5.41) is 12.7. The Morgan fingerprint density at radius 1 is 1.25 bits per heavy atom. The number of pyridine rings is 1. The van der Waals surface area contributed by atoms with Gasteiger partial charge in [-0.25, -0.2) is 4.79 Å². The molecule has 3 rings (SSSR count). The van der Waals surface area contributed by atoms with Crippen molar-refractivity contribution in [2.75, 3.05) is 6.54 Å². The zero-order valence-corrected chi connectivity index (χ0v) is 13.1. The van der Waals surface area contributed by atoms with Crippen LogP contribution in [0.3, 0.4) is 0 Å². The SMILES string of the molecule is Cc1oc2ccccc2c1CCNC(=O)c1cc(C(=O)O)ccn1. The monoisotopic (exact) mass is 324 g/mol. The molecule has 0 atom stereocenters. The van der Waals surface area contributed by atoms with E-state index in [-0.39, 0.29) is 11.3 Å². The van der Waals surface area contributed by atoms with Gasteiger partial charge in [0.1, 0.15) is 17.0 Å². The predicted molar refractivity (Wildman–Crippen MR) is 88.2 cm³/mol. The zero-order chi connectivity index (χ0) is 17.1. The van der Waals surface area contributed by atoms with Crippen molar-refractivity contribution >= 4 is 22.8 Å².